The molecule has 0 saturated carbocycles. The molecule has 162 valence electrons. The molecule has 6 nitrogen and oxygen atoms in total. The summed E-state index contributed by atoms with van der Waals surface area (Å²) in [6, 6.07) is 9.64. The van der Waals surface area contributed by atoms with E-state index in [-0.39, 0.29) is 11.0 Å². The van der Waals surface area contributed by atoms with E-state index < -0.39 is 15.8 Å². The third-order valence-corrected chi connectivity index (χ3v) is 7.49. The Morgan fingerprint density at radius 2 is 1.90 bits per heavy atom. The van der Waals surface area contributed by atoms with E-state index in [0.29, 0.717) is 39.3 Å². The van der Waals surface area contributed by atoms with Crippen LogP contribution < -0.4 is 9.47 Å². The van der Waals surface area contributed by atoms with Crippen molar-refractivity contribution in [1.82, 2.24) is 9.21 Å². The van der Waals surface area contributed by atoms with Crippen LogP contribution in [-0.4, -0.2) is 56.5 Å². The van der Waals surface area contributed by atoms with Gasteiger partial charge in [0.2, 0.25) is 10.0 Å². The Labute approximate surface area is 177 Å². The molecule has 0 aliphatic carbocycles. The third kappa shape index (κ3) is 4.17. The van der Waals surface area contributed by atoms with E-state index in [1.54, 1.807) is 0 Å². The number of hydrogen-bond acceptors (Lipinski definition) is 5. The molecular weight excluding hydrogens is 407 g/mol. The summed E-state index contributed by atoms with van der Waals surface area (Å²) in [7, 11) is -3.83. The Hall–Kier alpha value is -2.16. The van der Waals surface area contributed by atoms with E-state index in [1.165, 1.54) is 28.6 Å². The van der Waals surface area contributed by atoms with Gasteiger partial charge in [-0.1, -0.05) is 12.1 Å². The van der Waals surface area contributed by atoms with Crippen molar-refractivity contribution in [2.45, 2.75) is 37.8 Å². The molecule has 0 N–H and O–H groups in total. The molecule has 0 amide bonds. The van der Waals surface area contributed by atoms with E-state index in [2.05, 4.69) is 17.9 Å². The van der Waals surface area contributed by atoms with Crippen LogP contribution in [0, 0.1) is 5.82 Å². The van der Waals surface area contributed by atoms with Gasteiger partial charge in [0.05, 0.1) is 6.61 Å². The number of fused-ring (bicyclic) bond motifs is 1. The molecule has 2 heterocycles. The standard InChI is InChI=1S/C22H27FN2O4S/c1-3-28-20-13-17-12-16(2)29-21(17)14-18(20)15-24-8-10-25(11-9-24)30(26,27)22-7-5-4-6-19(22)23/h4-7,13-14,16H,3,8-12,15H2,1-2H3/t16-/m0/s1. The Kier molecular flexibility index (Phi) is 5.99. The van der Waals surface area contributed by atoms with Crippen molar-refractivity contribution in [3.63, 3.8) is 0 Å². The van der Waals surface area contributed by atoms with Crippen molar-refractivity contribution in [2.75, 3.05) is 32.8 Å². The Bertz CT molecular complexity index is 1020. The monoisotopic (exact) mass is 434 g/mol. The fourth-order valence-electron chi connectivity index (χ4n) is 4.06. The smallest absolute Gasteiger partial charge is 0.246 e. The molecule has 30 heavy (non-hydrogen) atoms. The van der Waals surface area contributed by atoms with Crippen LogP contribution >= 0.6 is 0 Å². The highest BCUT2D eigenvalue weighted by molar-refractivity contribution is 7.89. The van der Waals surface area contributed by atoms with Crippen LogP contribution in [0.5, 0.6) is 11.5 Å². The first-order chi connectivity index (χ1) is 14.4. The molecule has 2 aromatic carbocycles. The van der Waals surface area contributed by atoms with Gasteiger partial charge >= 0.3 is 0 Å². The molecule has 0 aromatic heterocycles. The molecule has 0 unspecified atom stereocenters. The second-order valence-corrected chi connectivity index (χ2v) is 9.65. The van der Waals surface area contributed by atoms with Crippen LogP contribution in [-0.2, 0) is 23.0 Å². The molecule has 1 atom stereocenters. The van der Waals surface area contributed by atoms with Crippen molar-refractivity contribution in [1.29, 1.82) is 0 Å². The molecule has 2 aliphatic heterocycles. The average molecular weight is 435 g/mol. The average Bonchev–Trinajstić information content (AvgIpc) is 3.08. The largest absolute Gasteiger partial charge is 0.494 e. The predicted molar refractivity (Wildman–Crippen MR) is 112 cm³/mol. The summed E-state index contributed by atoms with van der Waals surface area (Å²) in [4.78, 5) is 1.93. The Morgan fingerprint density at radius 1 is 1.17 bits per heavy atom. The van der Waals surface area contributed by atoms with Gasteiger partial charge in [-0.3, -0.25) is 4.90 Å². The fourth-order valence-corrected chi connectivity index (χ4v) is 5.54. The van der Waals surface area contributed by atoms with Crippen molar-refractivity contribution >= 4 is 10.0 Å². The van der Waals surface area contributed by atoms with E-state index in [0.717, 1.165) is 29.0 Å². The van der Waals surface area contributed by atoms with Crippen LogP contribution in [0.2, 0.25) is 0 Å². The summed E-state index contributed by atoms with van der Waals surface area (Å²) < 4.78 is 52.7. The van der Waals surface area contributed by atoms with Crippen LogP contribution in [0.1, 0.15) is 25.0 Å². The fraction of sp³-hybridized carbons (Fsp3) is 0.455. The van der Waals surface area contributed by atoms with Gasteiger partial charge in [-0.2, -0.15) is 4.31 Å². The zero-order chi connectivity index (χ0) is 21.3. The molecule has 0 spiro atoms. The quantitative estimate of drug-likeness (QED) is 0.700. The molecular formula is C22H27FN2O4S. The molecule has 8 heteroatoms. The third-order valence-electron chi connectivity index (χ3n) is 5.56. The van der Waals surface area contributed by atoms with Crippen LogP contribution in [0.15, 0.2) is 41.3 Å². The normalized spacial score (nSPS) is 20.0. The van der Waals surface area contributed by atoms with Crippen molar-refractivity contribution < 1.29 is 22.3 Å². The van der Waals surface area contributed by atoms with Gasteiger partial charge in [0.25, 0.3) is 0 Å². The summed E-state index contributed by atoms with van der Waals surface area (Å²) in [5.41, 5.74) is 2.20. The SMILES string of the molecule is CCOc1cc2c(cc1CN1CCN(S(=O)(=O)c3ccccc3F)CC1)O[C@@H](C)C2. The lowest BCUT2D eigenvalue weighted by Gasteiger charge is -2.34. The highest BCUT2D eigenvalue weighted by Gasteiger charge is 2.31. The second-order valence-electron chi connectivity index (χ2n) is 7.74. The number of ether oxygens (including phenoxy) is 2. The summed E-state index contributed by atoms with van der Waals surface area (Å²) in [6.07, 6.45) is 1.04. The lowest BCUT2D eigenvalue weighted by Crippen LogP contribution is -2.48. The van der Waals surface area contributed by atoms with Gasteiger partial charge in [0.15, 0.2) is 0 Å². The maximum absolute atomic E-state index is 14.0. The van der Waals surface area contributed by atoms with Gasteiger partial charge in [0.1, 0.15) is 28.3 Å². The van der Waals surface area contributed by atoms with Gasteiger partial charge in [-0.05, 0) is 38.1 Å². The van der Waals surface area contributed by atoms with Crippen molar-refractivity contribution in [2.24, 2.45) is 0 Å². The van der Waals surface area contributed by atoms with E-state index in [9.17, 15) is 12.8 Å². The van der Waals surface area contributed by atoms with E-state index >= 15 is 0 Å². The molecule has 0 radical (unpaired) electrons. The zero-order valence-electron chi connectivity index (χ0n) is 17.3. The minimum atomic E-state index is -3.83. The summed E-state index contributed by atoms with van der Waals surface area (Å²) >= 11 is 0. The van der Waals surface area contributed by atoms with E-state index in [4.69, 9.17) is 9.47 Å². The Balaban J connectivity index is 1.45. The van der Waals surface area contributed by atoms with E-state index in [1.807, 2.05) is 13.0 Å². The molecule has 0 bridgehead atoms. The lowest BCUT2D eigenvalue weighted by molar-refractivity contribution is 0.179. The van der Waals surface area contributed by atoms with Gasteiger partial charge in [-0.25, -0.2) is 12.8 Å². The predicted octanol–water partition coefficient (Wildman–Crippen LogP) is 3.05. The number of halogens is 1. The first kappa shape index (κ1) is 21.1. The van der Waals surface area contributed by atoms with Gasteiger partial charge in [-0.15, -0.1) is 0 Å². The minimum Gasteiger partial charge on any atom is -0.494 e. The van der Waals surface area contributed by atoms with Crippen molar-refractivity contribution in [3.8, 4) is 11.5 Å². The maximum Gasteiger partial charge on any atom is 0.246 e. The number of benzene rings is 2. The number of piperazine rings is 1. The highest BCUT2D eigenvalue weighted by Crippen LogP contribution is 2.36. The van der Waals surface area contributed by atoms with Crippen LogP contribution in [0.3, 0.4) is 0 Å². The second kappa shape index (κ2) is 8.53. The van der Waals surface area contributed by atoms with Gasteiger partial charge in [0, 0.05) is 50.3 Å². The Morgan fingerprint density at radius 3 is 2.60 bits per heavy atom. The lowest BCUT2D eigenvalue weighted by atomic mass is 10.1. The molecule has 1 saturated heterocycles. The van der Waals surface area contributed by atoms with Crippen LogP contribution in [0.4, 0.5) is 4.39 Å². The first-order valence-corrected chi connectivity index (χ1v) is 11.7. The topological polar surface area (TPSA) is 59.1 Å². The van der Waals surface area contributed by atoms with Gasteiger partial charge < -0.3 is 9.47 Å². The summed E-state index contributed by atoms with van der Waals surface area (Å²) in [5.74, 6) is 1.05. The number of sulfonamides is 1. The maximum atomic E-state index is 14.0. The molecule has 2 aromatic rings. The zero-order valence-corrected chi connectivity index (χ0v) is 18.1. The van der Waals surface area contributed by atoms with Crippen molar-refractivity contribution in [3.05, 3.63) is 53.3 Å². The highest BCUT2D eigenvalue weighted by atomic mass is 32.2. The number of nitrogens with zero attached hydrogens (tertiary/aromatic N) is 2. The summed E-state index contributed by atoms with van der Waals surface area (Å²) in [6.45, 7) is 7.00. The molecule has 1 fully saturated rings. The van der Waals surface area contributed by atoms with Crippen LogP contribution in [0.25, 0.3) is 0 Å². The molecule has 2 aliphatic rings. The minimum absolute atomic E-state index is 0.164. The summed E-state index contributed by atoms with van der Waals surface area (Å²) in [5, 5.41) is 0. The molecule has 4 rings (SSSR count). The number of rotatable bonds is 6. The first-order valence-electron chi connectivity index (χ1n) is 10.3. The number of hydrogen-bond donors (Lipinski definition) is 0.